The summed E-state index contributed by atoms with van der Waals surface area (Å²) in [5, 5.41) is 18.7. The molecule has 2 aliphatic rings. The Kier molecular flexibility index (Phi) is 6.53. The second-order valence-corrected chi connectivity index (χ2v) is 12.1. The number of amides is 2. The smallest absolute Gasteiger partial charge is 0.328 e. The van der Waals surface area contributed by atoms with Gasteiger partial charge in [0.1, 0.15) is 0 Å². The van der Waals surface area contributed by atoms with Crippen LogP contribution in [0.1, 0.15) is 55.0 Å². The van der Waals surface area contributed by atoms with E-state index < -0.39 is 20.5 Å². The monoisotopic (exact) mass is 499 g/mol. The molecule has 0 saturated heterocycles. The van der Waals surface area contributed by atoms with Gasteiger partial charge in [-0.3, -0.25) is 14.6 Å². The zero-order chi connectivity index (χ0) is 25.4. The number of hydroxylamine groups is 1. The fraction of sp³-hybridized carbons (Fsp3) is 0.440. The molecule has 1 aromatic heterocycles. The van der Waals surface area contributed by atoms with Gasteiger partial charge in [0.05, 0.1) is 13.2 Å². The number of sulfone groups is 1. The molecule has 1 aliphatic carbocycles. The zero-order valence-electron chi connectivity index (χ0n) is 19.7. The molecule has 1 aliphatic heterocycles. The van der Waals surface area contributed by atoms with Crippen molar-refractivity contribution in [3.8, 4) is 11.8 Å². The van der Waals surface area contributed by atoms with Crippen LogP contribution in [0.4, 0.5) is 4.79 Å². The lowest BCUT2D eigenvalue weighted by Crippen LogP contribution is -2.50. The molecule has 2 amide bonds. The van der Waals surface area contributed by atoms with Crippen LogP contribution >= 0.6 is 0 Å². The van der Waals surface area contributed by atoms with Gasteiger partial charge in [-0.2, -0.15) is 0 Å². The summed E-state index contributed by atoms with van der Waals surface area (Å²) in [4.78, 5) is 26.3. The molecule has 1 aromatic carbocycles. The Morgan fingerprint density at radius 3 is 2.37 bits per heavy atom. The van der Waals surface area contributed by atoms with E-state index in [1.807, 2.05) is 30.3 Å². The molecule has 1 fully saturated rings. The van der Waals surface area contributed by atoms with Gasteiger partial charge in [0, 0.05) is 41.2 Å². The Balaban J connectivity index is 1.42. The third-order valence-corrected chi connectivity index (χ3v) is 9.48. The average Bonchev–Trinajstić information content (AvgIpc) is 3.33. The Morgan fingerprint density at radius 2 is 1.86 bits per heavy atom. The molecule has 9 nitrogen and oxygen atoms in total. The van der Waals surface area contributed by atoms with Crippen molar-refractivity contribution in [2.75, 3.05) is 19.4 Å². The van der Waals surface area contributed by atoms with Gasteiger partial charge in [-0.15, -0.1) is 0 Å². The van der Waals surface area contributed by atoms with Gasteiger partial charge >= 0.3 is 6.03 Å². The van der Waals surface area contributed by atoms with Crippen molar-refractivity contribution in [2.45, 2.75) is 49.3 Å². The molecule has 0 unspecified atom stereocenters. The van der Waals surface area contributed by atoms with Crippen LogP contribution in [0.25, 0.3) is 0 Å². The highest BCUT2D eigenvalue weighted by molar-refractivity contribution is 7.92. The third-order valence-electron chi connectivity index (χ3n) is 7.45. The van der Waals surface area contributed by atoms with Crippen LogP contribution in [0.3, 0.4) is 0 Å². The van der Waals surface area contributed by atoms with Crippen LogP contribution in [0, 0.1) is 11.8 Å². The minimum Gasteiger partial charge on any atom is -0.395 e. The summed E-state index contributed by atoms with van der Waals surface area (Å²) in [6, 6.07) is 9.40. The standard InChI is InChI=1S/C25H29N3O6S/c1-24(22(30)26-32,35(2,33)34)12-13-27-16-21-14-19(15-28(21)23(27)31)5-4-18-6-8-20(9-7-18)25(17-29)10-3-11-25/h6-9,14-15,29,32H,3,10-13,16-17H2,1-2H3,(H,26,30)/t24-/m1/s1. The van der Waals surface area contributed by atoms with E-state index in [-0.39, 0.29) is 37.6 Å². The van der Waals surface area contributed by atoms with Gasteiger partial charge in [-0.05, 0) is 49.9 Å². The normalized spacial score (nSPS) is 18.2. The zero-order valence-corrected chi connectivity index (χ0v) is 20.6. The second kappa shape index (κ2) is 9.15. The number of nitrogens with zero attached hydrogens (tertiary/aromatic N) is 2. The van der Waals surface area contributed by atoms with Crippen molar-refractivity contribution in [3.05, 3.63) is 58.9 Å². The van der Waals surface area contributed by atoms with Crippen molar-refractivity contribution in [3.63, 3.8) is 0 Å². The largest absolute Gasteiger partial charge is 0.395 e. The van der Waals surface area contributed by atoms with Gasteiger partial charge in [-0.25, -0.2) is 18.7 Å². The van der Waals surface area contributed by atoms with Crippen molar-refractivity contribution in [1.82, 2.24) is 14.9 Å². The Labute approximate surface area is 204 Å². The molecule has 0 spiro atoms. The summed E-state index contributed by atoms with van der Waals surface area (Å²) < 4.78 is 23.9. The van der Waals surface area contributed by atoms with Crippen LogP contribution < -0.4 is 5.48 Å². The van der Waals surface area contributed by atoms with E-state index in [2.05, 4.69) is 11.8 Å². The van der Waals surface area contributed by atoms with Crippen LogP contribution in [-0.4, -0.2) is 64.3 Å². The lowest BCUT2D eigenvalue weighted by molar-refractivity contribution is -0.131. The number of nitrogens with one attached hydrogen (secondary N) is 1. The molecular weight excluding hydrogens is 470 g/mol. The number of hydrogen-bond donors (Lipinski definition) is 3. The van der Waals surface area contributed by atoms with Crippen molar-refractivity contribution < 1.29 is 28.3 Å². The number of carbonyl (C=O) groups excluding carboxylic acids is 2. The highest BCUT2D eigenvalue weighted by atomic mass is 32.2. The van der Waals surface area contributed by atoms with Crippen LogP contribution in [0.5, 0.6) is 0 Å². The maximum absolute atomic E-state index is 12.8. The minimum absolute atomic E-state index is 0.0280. The topological polar surface area (TPSA) is 129 Å². The summed E-state index contributed by atoms with van der Waals surface area (Å²) in [7, 11) is -3.84. The molecule has 0 bridgehead atoms. The Morgan fingerprint density at radius 1 is 1.20 bits per heavy atom. The number of aliphatic hydroxyl groups is 1. The molecule has 2 aromatic rings. The molecule has 1 saturated carbocycles. The second-order valence-electron chi connectivity index (χ2n) is 9.61. The van der Waals surface area contributed by atoms with Crippen molar-refractivity contribution >= 4 is 21.8 Å². The number of rotatable bonds is 7. The minimum atomic E-state index is -3.84. The van der Waals surface area contributed by atoms with E-state index in [4.69, 9.17) is 5.21 Å². The molecule has 35 heavy (non-hydrogen) atoms. The number of hydrogen-bond acceptors (Lipinski definition) is 6. The Hall–Kier alpha value is -3.13. The van der Waals surface area contributed by atoms with E-state index in [9.17, 15) is 23.1 Å². The van der Waals surface area contributed by atoms with Gasteiger partial charge in [0.15, 0.2) is 14.6 Å². The highest BCUT2D eigenvalue weighted by Crippen LogP contribution is 2.43. The first-order chi connectivity index (χ1) is 16.5. The maximum atomic E-state index is 12.8. The molecular formula is C25H29N3O6S. The number of carbonyl (C=O) groups is 2. The summed E-state index contributed by atoms with van der Waals surface area (Å²) in [6.07, 6.45) is 5.54. The first-order valence-corrected chi connectivity index (χ1v) is 13.3. The van der Waals surface area contributed by atoms with Gasteiger partial charge in [0.2, 0.25) is 0 Å². The lowest BCUT2D eigenvalue weighted by Gasteiger charge is -2.40. The number of fused-ring (bicyclic) bond motifs is 1. The third kappa shape index (κ3) is 4.47. The lowest BCUT2D eigenvalue weighted by atomic mass is 9.65. The fourth-order valence-electron chi connectivity index (χ4n) is 4.59. The number of aliphatic hydroxyl groups excluding tert-OH is 1. The fourth-order valence-corrected chi connectivity index (χ4v) is 5.44. The molecule has 0 radical (unpaired) electrons. The molecule has 186 valence electrons. The van der Waals surface area contributed by atoms with E-state index in [0.29, 0.717) is 5.56 Å². The summed E-state index contributed by atoms with van der Waals surface area (Å²) in [5.74, 6) is 5.15. The molecule has 1 atom stereocenters. The van der Waals surface area contributed by atoms with Crippen molar-refractivity contribution in [2.24, 2.45) is 0 Å². The molecule has 4 rings (SSSR count). The Bertz CT molecular complexity index is 1310. The number of benzene rings is 1. The number of aromatic nitrogens is 1. The summed E-state index contributed by atoms with van der Waals surface area (Å²) in [5.41, 5.74) is 4.68. The molecule has 2 heterocycles. The van der Waals surface area contributed by atoms with E-state index in [1.54, 1.807) is 6.20 Å². The predicted molar refractivity (Wildman–Crippen MR) is 128 cm³/mol. The molecule has 10 heteroatoms. The first kappa shape index (κ1) is 25.0. The molecule has 3 N–H and O–H groups in total. The maximum Gasteiger partial charge on any atom is 0.328 e. The van der Waals surface area contributed by atoms with Crippen LogP contribution in [0.2, 0.25) is 0 Å². The van der Waals surface area contributed by atoms with Gasteiger partial charge < -0.3 is 10.0 Å². The van der Waals surface area contributed by atoms with Crippen LogP contribution in [-0.2, 0) is 26.6 Å². The summed E-state index contributed by atoms with van der Waals surface area (Å²) in [6.45, 7) is 1.67. The SMILES string of the molecule is C[C@@](CCN1Cc2cc(C#Cc3ccc(C4(CO)CCC4)cc3)cn2C1=O)(C(=O)NO)S(C)(=O)=O. The first-order valence-electron chi connectivity index (χ1n) is 11.4. The highest BCUT2D eigenvalue weighted by Gasteiger charge is 2.44. The van der Waals surface area contributed by atoms with Crippen molar-refractivity contribution in [1.29, 1.82) is 0 Å². The average molecular weight is 500 g/mol. The quantitative estimate of drug-likeness (QED) is 0.303. The van der Waals surface area contributed by atoms with E-state index in [1.165, 1.54) is 21.9 Å². The van der Waals surface area contributed by atoms with Crippen LogP contribution in [0.15, 0.2) is 36.5 Å². The van der Waals surface area contributed by atoms with Gasteiger partial charge in [0.25, 0.3) is 5.91 Å². The summed E-state index contributed by atoms with van der Waals surface area (Å²) >= 11 is 0. The van der Waals surface area contributed by atoms with E-state index in [0.717, 1.165) is 42.3 Å². The van der Waals surface area contributed by atoms with Gasteiger partial charge in [-0.1, -0.05) is 30.4 Å². The predicted octanol–water partition coefficient (Wildman–Crippen LogP) is 1.78. The van der Waals surface area contributed by atoms with E-state index >= 15 is 0 Å².